The first-order valence-corrected chi connectivity index (χ1v) is 7.10. The number of hydrogen-bond donors (Lipinski definition) is 1. The van der Waals surface area contributed by atoms with Gasteiger partial charge in [0.15, 0.2) is 5.16 Å². The highest BCUT2D eigenvalue weighted by Gasteiger charge is 2.13. The Morgan fingerprint density at radius 2 is 2.25 bits per heavy atom. The summed E-state index contributed by atoms with van der Waals surface area (Å²) < 4.78 is 7.28. The summed E-state index contributed by atoms with van der Waals surface area (Å²) in [5.74, 6) is 0.521. The predicted molar refractivity (Wildman–Crippen MR) is 75.6 cm³/mol. The first-order chi connectivity index (χ1) is 9.61. The highest BCUT2D eigenvalue weighted by molar-refractivity contribution is 7.99. The molecule has 0 saturated carbocycles. The molecule has 0 amide bonds. The summed E-state index contributed by atoms with van der Waals surface area (Å²) in [4.78, 5) is 10.7. The average molecular weight is 293 g/mol. The standard InChI is InChI=1S/C13H15N3O3S/c1-3-19-11-6-4-5-10(7-11)16-9(2)14-15-13(16)20-8-12(17)18/h4-7H,3,8H2,1-2H3,(H,17,18). The van der Waals surface area contributed by atoms with Crippen molar-refractivity contribution in [3.05, 3.63) is 30.1 Å². The van der Waals surface area contributed by atoms with E-state index in [0.29, 0.717) is 17.6 Å². The second-order valence-electron chi connectivity index (χ2n) is 3.98. The van der Waals surface area contributed by atoms with Crippen LogP contribution in [0.1, 0.15) is 12.7 Å². The molecule has 0 aliphatic heterocycles. The summed E-state index contributed by atoms with van der Waals surface area (Å²) in [5.41, 5.74) is 0.853. The molecular weight excluding hydrogens is 278 g/mol. The van der Waals surface area contributed by atoms with Gasteiger partial charge in [-0.2, -0.15) is 0 Å². The van der Waals surface area contributed by atoms with Crippen molar-refractivity contribution < 1.29 is 14.6 Å². The van der Waals surface area contributed by atoms with E-state index in [-0.39, 0.29) is 5.75 Å². The predicted octanol–water partition coefficient (Wildman–Crippen LogP) is 2.15. The van der Waals surface area contributed by atoms with Crippen LogP contribution in [0.4, 0.5) is 0 Å². The first kappa shape index (κ1) is 14.4. The van der Waals surface area contributed by atoms with E-state index in [2.05, 4.69) is 10.2 Å². The van der Waals surface area contributed by atoms with Crippen molar-refractivity contribution in [3.63, 3.8) is 0 Å². The number of aryl methyl sites for hydroxylation is 1. The van der Waals surface area contributed by atoms with E-state index in [4.69, 9.17) is 9.84 Å². The molecule has 0 unspecified atom stereocenters. The van der Waals surface area contributed by atoms with Crippen LogP contribution in [0.25, 0.3) is 5.69 Å². The lowest BCUT2D eigenvalue weighted by atomic mass is 10.3. The zero-order chi connectivity index (χ0) is 14.5. The van der Waals surface area contributed by atoms with E-state index >= 15 is 0 Å². The molecule has 0 aliphatic carbocycles. The quantitative estimate of drug-likeness (QED) is 0.822. The van der Waals surface area contributed by atoms with Gasteiger partial charge in [0.25, 0.3) is 0 Å². The van der Waals surface area contributed by atoms with Crippen LogP contribution >= 0.6 is 11.8 Å². The average Bonchev–Trinajstić information content (AvgIpc) is 2.78. The summed E-state index contributed by atoms with van der Waals surface area (Å²) in [6.07, 6.45) is 0. The SMILES string of the molecule is CCOc1cccc(-n2c(C)nnc2SCC(=O)O)c1. The second-order valence-corrected chi connectivity index (χ2v) is 4.92. The smallest absolute Gasteiger partial charge is 0.313 e. The van der Waals surface area contributed by atoms with E-state index < -0.39 is 5.97 Å². The van der Waals surface area contributed by atoms with Crippen LogP contribution in [0.5, 0.6) is 5.75 Å². The Hall–Kier alpha value is -2.02. The molecule has 6 nitrogen and oxygen atoms in total. The number of carboxylic acids is 1. The first-order valence-electron chi connectivity index (χ1n) is 6.11. The lowest BCUT2D eigenvalue weighted by molar-refractivity contribution is -0.133. The molecule has 1 N–H and O–H groups in total. The molecule has 2 rings (SSSR count). The molecule has 0 radical (unpaired) electrons. The number of nitrogens with zero attached hydrogens (tertiary/aromatic N) is 3. The van der Waals surface area contributed by atoms with Crippen LogP contribution < -0.4 is 4.74 Å². The van der Waals surface area contributed by atoms with Gasteiger partial charge in [-0.05, 0) is 26.0 Å². The van der Waals surface area contributed by atoms with Gasteiger partial charge in [0.05, 0.1) is 18.0 Å². The molecule has 0 bridgehead atoms. The fraction of sp³-hybridized carbons (Fsp3) is 0.308. The zero-order valence-corrected chi connectivity index (χ0v) is 12.1. The Bertz CT molecular complexity index is 613. The number of thioether (sulfide) groups is 1. The van der Waals surface area contributed by atoms with Crippen LogP contribution in [0.15, 0.2) is 29.4 Å². The highest BCUT2D eigenvalue weighted by atomic mass is 32.2. The molecule has 1 aromatic heterocycles. The van der Waals surface area contributed by atoms with Crippen LogP contribution in [0.2, 0.25) is 0 Å². The Labute approximate surface area is 120 Å². The third-order valence-corrected chi connectivity index (χ3v) is 3.42. The topological polar surface area (TPSA) is 77.2 Å². The number of rotatable bonds is 6. The number of carbonyl (C=O) groups is 1. The van der Waals surface area contributed by atoms with Crippen LogP contribution in [-0.2, 0) is 4.79 Å². The van der Waals surface area contributed by atoms with Gasteiger partial charge in [0.2, 0.25) is 0 Å². The summed E-state index contributed by atoms with van der Waals surface area (Å²) >= 11 is 1.14. The molecule has 0 saturated heterocycles. The normalized spacial score (nSPS) is 10.5. The minimum Gasteiger partial charge on any atom is -0.494 e. The summed E-state index contributed by atoms with van der Waals surface area (Å²) in [6, 6.07) is 7.54. The molecule has 0 atom stereocenters. The maximum absolute atomic E-state index is 10.7. The van der Waals surface area contributed by atoms with Gasteiger partial charge >= 0.3 is 5.97 Å². The Kier molecular flexibility index (Phi) is 4.62. The van der Waals surface area contributed by atoms with Gasteiger partial charge in [0.1, 0.15) is 11.6 Å². The summed E-state index contributed by atoms with van der Waals surface area (Å²) in [6.45, 7) is 4.33. The van der Waals surface area contributed by atoms with Gasteiger partial charge in [-0.1, -0.05) is 17.8 Å². The fourth-order valence-corrected chi connectivity index (χ4v) is 2.46. The number of aliphatic carboxylic acids is 1. The van der Waals surface area contributed by atoms with Crippen molar-refractivity contribution >= 4 is 17.7 Å². The Balaban J connectivity index is 2.33. The molecular formula is C13H15N3O3S. The Morgan fingerprint density at radius 1 is 1.45 bits per heavy atom. The van der Waals surface area contributed by atoms with Gasteiger partial charge in [0, 0.05) is 6.07 Å². The molecule has 20 heavy (non-hydrogen) atoms. The van der Waals surface area contributed by atoms with Crippen LogP contribution in [0.3, 0.4) is 0 Å². The molecule has 0 aliphatic rings. The van der Waals surface area contributed by atoms with E-state index in [9.17, 15) is 4.79 Å². The second kappa shape index (κ2) is 6.42. The minimum atomic E-state index is -0.884. The lowest BCUT2D eigenvalue weighted by Gasteiger charge is -2.10. The zero-order valence-electron chi connectivity index (χ0n) is 11.2. The van der Waals surface area contributed by atoms with Gasteiger partial charge in [-0.25, -0.2) is 0 Å². The number of hydrogen-bond acceptors (Lipinski definition) is 5. The van der Waals surface area contributed by atoms with E-state index in [1.165, 1.54) is 0 Å². The third kappa shape index (κ3) is 3.30. The molecule has 0 spiro atoms. The molecule has 1 heterocycles. The molecule has 0 fully saturated rings. The largest absolute Gasteiger partial charge is 0.494 e. The number of carboxylic acid groups (broad SMARTS) is 1. The van der Waals surface area contributed by atoms with Crippen molar-refractivity contribution in [1.82, 2.24) is 14.8 Å². The van der Waals surface area contributed by atoms with Crippen molar-refractivity contribution in [2.75, 3.05) is 12.4 Å². The number of aromatic nitrogens is 3. The van der Waals surface area contributed by atoms with E-state index in [0.717, 1.165) is 23.2 Å². The van der Waals surface area contributed by atoms with Gasteiger partial charge in [-0.15, -0.1) is 10.2 Å². The van der Waals surface area contributed by atoms with Crippen LogP contribution in [0, 0.1) is 6.92 Å². The summed E-state index contributed by atoms with van der Waals surface area (Å²) in [5, 5.41) is 17.3. The van der Waals surface area contributed by atoms with Gasteiger partial charge in [-0.3, -0.25) is 9.36 Å². The van der Waals surface area contributed by atoms with Crippen molar-refractivity contribution in [1.29, 1.82) is 0 Å². The maximum Gasteiger partial charge on any atom is 0.313 e. The minimum absolute atomic E-state index is 0.0523. The third-order valence-electron chi connectivity index (χ3n) is 2.51. The lowest BCUT2D eigenvalue weighted by Crippen LogP contribution is -2.03. The van der Waals surface area contributed by atoms with Crippen molar-refractivity contribution in [3.8, 4) is 11.4 Å². The Morgan fingerprint density at radius 3 is 2.95 bits per heavy atom. The molecule has 1 aromatic carbocycles. The van der Waals surface area contributed by atoms with E-state index in [1.54, 1.807) is 0 Å². The highest BCUT2D eigenvalue weighted by Crippen LogP contribution is 2.24. The molecule has 7 heteroatoms. The molecule has 2 aromatic rings. The maximum atomic E-state index is 10.7. The molecule has 106 valence electrons. The van der Waals surface area contributed by atoms with Crippen LogP contribution in [-0.4, -0.2) is 38.2 Å². The summed E-state index contributed by atoms with van der Waals surface area (Å²) in [7, 11) is 0. The monoisotopic (exact) mass is 293 g/mol. The fourth-order valence-electron chi connectivity index (χ4n) is 1.74. The van der Waals surface area contributed by atoms with Gasteiger partial charge < -0.3 is 9.84 Å². The number of ether oxygens (including phenoxy) is 1. The van der Waals surface area contributed by atoms with Crippen molar-refractivity contribution in [2.24, 2.45) is 0 Å². The number of benzene rings is 1. The van der Waals surface area contributed by atoms with Crippen molar-refractivity contribution in [2.45, 2.75) is 19.0 Å². The van der Waals surface area contributed by atoms with E-state index in [1.807, 2.05) is 42.7 Å².